The Morgan fingerprint density at radius 2 is 2.29 bits per heavy atom. The number of aromatic nitrogens is 2. The van der Waals surface area contributed by atoms with Crippen molar-refractivity contribution in [1.82, 2.24) is 9.55 Å². The van der Waals surface area contributed by atoms with Crippen LogP contribution in [0.1, 0.15) is 32.6 Å². The Balaban J connectivity index is 2.10. The second-order valence-corrected chi connectivity index (χ2v) is 3.49. The van der Waals surface area contributed by atoms with E-state index in [1.807, 2.05) is 0 Å². The molecule has 0 radical (unpaired) electrons. The number of thiocarbonyl (C=S) groups is 1. The summed E-state index contributed by atoms with van der Waals surface area (Å²) in [5.41, 5.74) is 0. The highest BCUT2D eigenvalue weighted by Gasteiger charge is 1.98. The molecular formula is C10H16N2OS. The fourth-order valence-corrected chi connectivity index (χ4v) is 1.32. The first-order valence-corrected chi connectivity index (χ1v) is 5.40. The quantitative estimate of drug-likeness (QED) is 0.554. The lowest BCUT2D eigenvalue weighted by atomic mass is 10.2. The van der Waals surface area contributed by atoms with Crippen molar-refractivity contribution >= 4 is 17.4 Å². The van der Waals surface area contributed by atoms with Gasteiger partial charge in [-0.05, 0) is 18.6 Å². The number of hydrogen-bond acceptors (Lipinski definition) is 3. The lowest BCUT2D eigenvalue weighted by Crippen LogP contribution is -2.12. The molecule has 0 bridgehead atoms. The molecule has 0 aliphatic rings. The summed E-state index contributed by atoms with van der Waals surface area (Å²) in [6.45, 7) is 2.90. The highest BCUT2D eigenvalue weighted by molar-refractivity contribution is 7.80. The number of unbranched alkanes of at least 4 members (excludes halogenated alkanes) is 3. The summed E-state index contributed by atoms with van der Waals surface area (Å²) in [5.74, 6) is 0. The van der Waals surface area contributed by atoms with Gasteiger partial charge in [0, 0.05) is 12.4 Å². The van der Waals surface area contributed by atoms with Crippen LogP contribution in [-0.4, -0.2) is 21.3 Å². The van der Waals surface area contributed by atoms with Crippen molar-refractivity contribution in [1.29, 1.82) is 0 Å². The van der Waals surface area contributed by atoms with Crippen LogP contribution in [0.25, 0.3) is 0 Å². The van der Waals surface area contributed by atoms with Gasteiger partial charge >= 0.3 is 0 Å². The highest BCUT2D eigenvalue weighted by atomic mass is 32.1. The van der Waals surface area contributed by atoms with E-state index in [9.17, 15) is 0 Å². The van der Waals surface area contributed by atoms with Gasteiger partial charge in [0.25, 0.3) is 5.17 Å². The van der Waals surface area contributed by atoms with E-state index < -0.39 is 0 Å². The molecule has 14 heavy (non-hydrogen) atoms. The molecule has 0 aliphatic carbocycles. The molecule has 0 fully saturated rings. The topological polar surface area (TPSA) is 27.1 Å². The normalized spacial score (nSPS) is 10.1. The number of imidazole rings is 1. The van der Waals surface area contributed by atoms with Crippen LogP contribution in [0.4, 0.5) is 0 Å². The third-order valence-electron chi connectivity index (χ3n) is 1.94. The molecule has 0 amide bonds. The van der Waals surface area contributed by atoms with E-state index in [0.29, 0.717) is 11.8 Å². The fourth-order valence-electron chi connectivity index (χ4n) is 1.13. The molecule has 1 aromatic rings. The van der Waals surface area contributed by atoms with Crippen molar-refractivity contribution in [3.8, 4) is 0 Å². The van der Waals surface area contributed by atoms with E-state index in [4.69, 9.17) is 17.0 Å². The molecule has 1 heterocycles. The minimum absolute atomic E-state index is 0.485. The van der Waals surface area contributed by atoms with Gasteiger partial charge in [-0.15, -0.1) is 0 Å². The smallest absolute Gasteiger partial charge is 0.268 e. The van der Waals surface area contributed by atoms with Gasteiger partial charge in [-0.3, -0.25) is 4.57 Å². The number of hydrogen-bond donors (Lipinski definition) is 0. The Labute approximate surface area is 90.1 Å². The SMILES string of the molecule is CCCCCCOC(=S)n1ccnc1. The highest BCUT2D eigenvalue weighted by Crippen LogP contribution is 2.00. The zero-order valence-corrected chi connectivity index (χ0v) is 9.30. The molecule has 0 spiro atoms. The van der Waals surface area contributed by atoms with Crippen molar-refractivity contribution in [3.63, 3.8) is 0 Å². The Kier molecular flexibility index (Phi) is 5.22. The predicted octanol–water partition coefficient (Wildman–Crippen LogP) is 2.61. The van der Waals surface area contributed by atoms with Gasteiger partial charge < -0.3 is 4.74 Å². The Morgan fingerprint density at radius 3 is 2.93 bits per heavy atom. The average Bonchev–Trinajstić information content (AvgIpc) is 2.70. The van der Waals surface area contributed by atoms with Gasteiger partial charge in [-0.1, -0.05) is 26.2 Å². The van der Waals surface area contributed by atoms with E-state index in [0.717, 1.165) is 6.42 Å². The molecule has 0 atom stereocenters. The van der Waals surface area contributed by atoms with Crippen LogP contribution in [0.15, 0.2) is 18.7 Å². The summed E-state index contributed by atoms with van der Waals surface area (Å²) < 4.78 is 7.09. The molecule has 0 aliphatic heterocycles. The minimum atomic E-state index is 0.485. The zero-order chi connectivity index (χ0) is 10.2. The van der Waals surface area contributed by atoms with Gasteiger partial charge in [0.2, 0.25) is 0 Å². The van der Waals surface area contributed by atoms with E-state index >= 15 is 0 Å². The molecule has 0 N–H and O–H groups in total. The van der Waals surface area contributed by atoms with Crippen LogP contribution in [0, 0.1) is 0 Å². The van der Waals surface area contributed by atoms with Crippen LogP contribution in [0.5, 0.6) is 0 Å². The third kappa shape index (κ3) is 3.87. The summed E-state index contributed by atoms with van der Waals surface area (Å²) in [5, 5.41) is 0.485. The Bertz CT molecular complexity index is 259. The lowest BCUT2D eigenvalue weighted by Gasteiger charge is -2.06. The molecule has 0 aromatic carbocycles. The summed E-state index contributed by atoms with van der Waals surface area (Å²) in [7, 11) is 0. The monoisotopic (exact) mass is 212 g/mol. The largest absolute Gasteiger partial charge is 0.470 e. The van der Waals surface area contributed by atoms with Gasteiger partial charge in [0.05, 0.1) is 6.61 Å². The van der Waals surface area contributed by atoms with E-state index in [1.165, 1.54) is 19.3 Å². The molecular weight excluding hydrogens is 196 g/mol. The van der Waals surface area contributed by atoms with E-state index in [-0.39, 0.29) is 0 Å². The molecule has 0 saturated carbocycles. The van der Waals surface area contributed by atoms with Crippen LogP contribution in [0.3, 0.4) is 0 Å². The van der Waals surface area contributed by atoms with Crippen LogP contribution in [-0.2, 0) is 4.74 Å². The summed E-state index contributed by atoms with van der Waals surface area (Å²) >= 11 is 5.05. The molecule has 3 nitrogen and oxygen atoms in total. The Morgan fingerprint density at radius 1 is 1.43 bits per heavy atom. The standard InChI is InChI=1S/C10H16N2OS/c1-2-3-4-5-8-13-10(14)12-7-6-11-9-12/h6-7,9H,2-5,8H2,1H3. The summed E-state index contributed by atoms with van der Waals surface area (Å²) in [4.78, 5) is 3.90. The number of rotatable bonds is 5. The second-order valence-electron chi connectivity index (χ2n) is 3.14. The lowest BCUT2D eigenvalue weighted by molar-refractivity contribution is 0.289. The molecule has 1 rings (SSSR count). The number of nitrogens with zero attached hydrogens (tertiary/aromatic N) is 2. The van der Waals surface area contributed by atoms with E-state index in [1.54, 1.807) is 23.3 Å². The van der Waals surface area contributed by atoms with Gasteiger partial charge in [0.15, 0.2) is 0 Å². The summed E-state index contributed by atoms with van der Waals surface area (Å²) in [6.07, 6.45) is 9.91. The fraction of sp³-hybridized carbons (Fsp3) is 0.600. The molecule has 0 saturated heterocycles. The number of ether oxygens (including phenoxy) is 1. The van der Waals surface area contributed by atoms with Crippen LogP contribution >= 0.6 is 12.2 Å². The first-order chi connectivity index (χ1) is 6.84. The van der Waals surface area contributed by atoms with Crippen LogP contribution < -0.4 is 0 Å². The Hall–Kier alpha value is -0.900. The van der Waals surface area contributed by atoms with Crippen LogP contribution in [0.2, 0.25) is 0 Å². The second kappa shape index (κ2) is 6.54. The maximum Gasteiger partial charge on any atom is 0.268 e. The molecule has 78 valence electrons. The summed E-state index contributed by atoms with van der Waals surface area (Å²) in [6, 6.07) is 0. The minimum Gasteiger partial charge on any atom is -0.470 e. The third-order valence-corrected chi connectivity index (χ3v) is 2.27. The first-order valence-electron chi connectivity index (χ1n) is 4.99. The average molecular weight is 212 g/mol. The van der Waals surface area contributed by atoms with Gasteiger partial charge in [-0.25, -0.2) is 4.98 Å². The van der Waals surface area contributed by atoms with Gasteiger partial charge in [-0.2, -0.15) is 0 Å². The molecule has 4 heteroatoms. The maximum atomic E-state index is 5.39. The van der Waals surface area contributed by atoms with Gasteiger partial charge in [0.1, 0.15) is 6.33 Å². The zero-order valence-electron chi connectivity index (χ0n) is 8.48. The van der Waals surface area contributed by atoms with Crippen molar-refractivity contribution in [2.75, 3.05) is 6.61 Å². The van der Waals surface area contributed by atoms with Crippen molar-refractivity contribution in [2.24, 2.45) is 0 Å². The maximum absolute atomic E-state index is 5.39. The van der Waals surface area contributed by atoms with E-state index in [2.05, 4.69) is 11.9 Å². The predicted molar refractivity (Wildman–Crippen MR) is 60.3 cm³/mol. The molecule has 1 aromatic heterocycles. The van der Waals surface area contributed by atoms with Crippen molar-refractivity contribution < 1.29 is 4.74 Å². The van der Waals surface area contributed by atoms with Crippen molar-refractivity contribution in [2.45, 2.75) is 32.6 Å². The van der Waals surface area contributed by atoms with Crippen molar-refractivity contribution in [3.05, 3.63) is 18.7 Å². The first kappa shape index (κ1) is 11.2. The molecule has 0 unspecified atom stereocenters.